The molecule has 0 aromatic heterocycles. The standard InChI is InChI=1S/C30H58O10/c1-3-5-15-33-17-19-35-21-23-37-25-27-39-29(31)13-11-9-7-8-10-12-14-30(32)40-28-26-38-24-22-36-20-18-34-16-6-4-2/h3-28H2,1-2H3. The van der Waals surface area contributed by atoms with Crippen molar-refractivity contribution in [2.45, 2.75) is 90.9 Å². The fourth-order valence-electron chi connectivity index (χ4n) is 3.40. The van der Waals surface area contributed by atoms with E-state index in [4.69, 9.17) is 37.9 Å². The molecule has 0 heterocycles. The van der Waals surface area contributed by atoms with Gasteiger partial charge in [-0.2, -0.15) is 0 Å². The Kier molecular flexibility index (Phi) is 32.8. The molecule has 0 aliphatic rings. The number of ether oxygens (including phenoxy) is 8. The molecule has 0 bridgehead atoms. The third-order valence-electron chi connectivity index (χ3n) is 5.77. The van der Waals surface area contributed by atoms with E-state index in [1.165, 1.54) is 0 Å². The summed E-state index contributed by atoms with van der Waals surface area (Å²) in [6.07, 6.45) is 10.9. The van der Waals surface area contributed by atoms with Crippen molar-refractivity contribution in [1.82, 2.24) is 0 Å². The van der Waals surface area contributed by atoms with Gasteiger partial charge in [0.25, 0.3) is 0 Å². The fourth-order valence-corrected chi connectivity index (χ4v) is 3.40. The normalized spacial score (nSPS) is 11.2. The Hall–Kier alpha value is -1.30. The van der Waals surface area contributed by atoms with Crippen molar-refractivity contribution in [3.63, 3.8) is 0 Å². The number of rotatable bonds is 33. The number of hydrogen-bond acceptors (Lipinski definition) is 10. The van der Waals surface area contributed by atoms with E-state index < -0.39 is 0 Å². The van der Waals surface area contributed by atoms with Gasteiger partial charge in [-0.25, -0.2) is 0 Å². The largest absolute Gasteiger partial charge is 0.463 e. The number of unbranched alkanes of at least 4 members (excludes halogenated alkanes) is 7. The van der Waals surface area contributed by atoms with E-state index in [9.17, 15) is 9.59 Å². The second kappa shape index (κ2) is 33.9. The molecule has 0 unspecified atom stereocenters. The highest BCUT2D eigenvalue weighted by Gasteiger charge is 2.04. The molecular weight excluding hydrogens is 520 g/mol. The summed E-state index contributed by atoms with van der Waals surface area (Å²) in [6.45, 7) is 11.4. The summed E-state index contributed by atoms with van der Waals surface area (Å²) in [4.78, 5) is 23.5. The van der Waals surface area contributed by atoms with E-state index in [0.29, 0.717) is 78.9 Å². The van der Waals surface area contributed by atoms with Gasteiger partial charge in [0.05, 0.1) is 66.1 Å². The van der Waals surface area contributed by atoms with Crippen LogP contribution in [0.1, 0.15) is 90.9 Å². The Balaban J connectivity index is 3.25. The summed E-state index contributed by atoms with van der Waals surface area (Å²) in [5.41, 5.74) is 0. The van der Waals surface area contributed by atoms with Crippen molar-refractivity contribution in [3.05, 3.63) is 0 Å². The van der Waals surface area contributed by atoms with Crippen LogP contribution in [-0.4, -0.2) is 104 Å². The first-order valence-electron chi connectivity index (χ1n) is 15.5. The molecule has 0 radical (unpaired) electrons. The van der Waals surface area contributed by atoms with Gasteiger partial charge >= 0.3 is 11.9 Å². The van der Waals surface area contributed by atoms with Crippen LogP contribution in [0.3, 0.4) is 0 Å². The van der Waals surface area contributed by atoms with Crippen LogP contribution in [0.15, 0.2) is 0 Å². The van der Waals surface area contributed by atoms with Crippen molar-refractivity contribution in [3.8, 4) is 0 Å². The lowest BCUT2D eigenvalue weighted by Crippen LogP contribution is -2.14. The summed E-state index contributed by atoms with van der Waals surface area (Å²) in [6, 6.07) is 0. The summed E-state index contributed by atoms with van der Waals surface area (Å²) in [5, 5.41) is 0. The molecule has 40 heavy (non-hydrogen) atoms. The Labute approximate surface area is 243 Å². The summed E-state index contributed by atoms with van der Waals surface area (Å²) in [7, 11) is 0. The zero-order valence-corrected chi connectivity index (χ0v) is 25.5. The van der Waals surface area contributed by atoms with Crippen molar-refractivity contribution in [2.75, 3.05) is 92.5 Å². The summed E-state index contributed by atoms with van der Waals surface area (Å²) in [5.74, 6) is -0.369. The van der Waals surface area contributed by atoms with E-state index in [-0.39, 0.29) is 25.2 Å². The molecule has 0 fully saturated rings. The van der Waals surface area contributed by atoms with Crippen molar-refractivity contribution >= 4 is 11.9 Å². The van der Waals surface area contributed by atoms with Crippen LogP contribution in [0.4, 0.5) is 0 Å². The zero-order valence-electron chi connectivity index (χ0n) is 25.5. The molecule has 0 N–H and O–H groups in total. The highest BCUT2D eigenvalue weighted by molar-refractivity contribution is 5.69. The van der Waals surface area contributed by atoms with Crippen molar-refractivity contribution in [2.24, 2.45) is 0 Å². The van der Waals surface area contributed by atoms with E-state index in [0.717, 1.165) is 77.4 Å². The average molecular weight is 579 g/mol. The molecular formula is C30H58O10. The van der Waals surface area contributed by atoms with E-state index >= 15 is 0 Å². The van der Waals surface area contributed by atoms with Crippen LogP contribution >= 0.6 is 0 Å². The number of carbonyl (C=O) groups excluding carboxylic acids is 2. The topological polar surface area (TPSA) is 108 Å². The van der Waals surface area contributed by atoms with E-state index in [1.54, 1.807) is 0 Å². The van der Waals surface area contributed by atoms with Crippen LogP contribution in [0.2, 0.25) is 0 Å². The lowest BCUT2D eigenvalue weighted by atomic mass is 10.1. The Morgan fingerprint density at radius 1 is 0.350 bits per heavy atom. The van der Waals surface area contributed by atoms with Gasteiger partial charge in [0, 0.05) is 26.1 Å². The molecule has 10 nitrogen and oxygen atoms in total. The van der Waals surface area contributed by atoms with E-state index in [1.807, 2.05) is 0 Å². The maximum absolute atomic E-state index is 11.8. The summed E-state index contributed by atoms with van der Waals surface area (Å²) >= 11 is 0. The highest BCUT2D eigenvalue weighted by atomic mass is 16.6. The quantitative estimate of drug-likeness (QED) is 0.0789. The highest BCUT2D eigenvalue weighted by Crippen LogP contribution is 2.09. The van der Waals surface area contributed by atoms with Gasteiger partial charge in [0.15, 0.2) is 0 Å². The molecule has 10 heteroatoms. The predicted octanol–water partition coefficient (Wildman–Crippen LogP) is 4.89. The maximum Gasteiger partial charge on any atom is 0.305 e. The Morgan fingerprint density at radius 2 is 0.625 bits per heavy atom. The van der Waals surface area contributed by atoms with E-state index in [2.05, 4.69) is 13.8 Å². The second-order valence-electron chi connectivity index (χ2n) is 9.44. The van der Waals surface area contributed by atoms with Crippen molar-refractivity contribution in [1.29, 1.82) is 0 Å². The molecule has 0 rings (SSSR count). The molecule has 0 aromatic carbocycles. The number of carbonyl (C=O) groups is 2. The molecule has 0 aromatic rings. The Morgan fingerprint density at radius 3 is 0.950 bits per heavy atom. The molecule has 0 amide bonds. The van der Waals surface area contributed by atoms with Gasteiger partial charge < -0.3 is 37.9 Å². The van der Waals surface area contributed by atoms with Crippen LogP contribution < -0.4 is 0 Å². The maximum atomic E-state index is 11.8. The first-order valence-corrected chi connectivity index (χ1v) is 15.5. The van der Waals surface area contributed by atoms with Gasteiger partial charge in [-0.1, -0.05) is 52.4 Å². The van der Waals surface area contributed by atoms with Gasteiger partial charge in [-0.3, -0.25) is 9.59 Å². The average Bonchev–Trinajstić information content (AvgIpc) is 2.95. The number of esters is 2. The monoisotopic (exact) mass is 578 g/mol. The van der Waals surface area contributed by atoms with Crippen molar-refractivity contribution < 1.29 is 47.5 Å². The Bertz CT molecular complexity index is 487. The van der Waals surface area contributed by atoms with Crippen LogP contribution in [0.25, 0.3) is 0 Å². The first-order chi connectivity index (χ1) is 19.7. The van der Waals surface area contributed by atoms with Gasteiger partial charge in [0.1, 0.15) is 13.2 Å². The van der Waals surface area contributed by atoms with Crippen LogP contribution in [0.5, 0.6) is 0 Å². The third-order valence-corrected chi connectivity index (χ3v) is 5.77. The molecule has 0 aliphatic heterocycles. The minimum Gasteiger partial charge on any atom is -0.463 e. The third kappa shape index (κ3) is 32.9. The minimum absolute atomic E-state index is 0.185. The second-order valence-corrected chi connectivity index (χ2v) is 9.44. The SMILES string of the molecule is CCCCOCCOCCOCCOC(=O)CCCCCCCCC(=O)OCCOCCOCCOCCCC. The lowest BCUT2D eigenvalue weighted by Gasteiger charge is -2.08. The van der Waals surface area contributed by atoms with Crippen LogP contribution in [0, 0.1) is 0 Å². The van der Waals surface area contributed by atoms with Gasteiger partial charge in [-0.15, -0.1) is 0 Å². The molecule has 0 saturated carbocycles. The van der Waals surface area contributed by atoms with Gasteiger partial charge in [-0.05, 0) is 25.7 Å². The first kappa shape index (κ1) is 38.7. The zero-order chi connectivity index (χ0) is 29.2. The number of hydrogen-bond donors (Lipinski definition) is 0. The van der Waals surface area contributed by atoms with Crippen LogP contribution in [-0.2, 0) is 47.5 Å². The molecule has 0 atom stereocenters. The molecule has 238 valence electrons. The molecule has 0 spiro atoms. The lowest BCUT2D eigenvalue weighted by molar-refractivity contribution is -0.146. The summed E-state index contributed by atoms with van der Waals surface area (Å²) < 4.78 is 42.8. The fraction of sp³-hybridized carbons (Fsp3) is 0.933. The minimum atomic E-state index is -0.185. The molecule has 0 aliphatic carbocycles. The predicted molar refractivity (Wildman–Crippen MR) is 154 cm³/mol. The smallest absolute Gasteiger partial charge is 0.305 e. The molecule has 0 saturated heterocycles. The van der Waals surface area contributed by atoms with Gasteiger partial charge in [0.2, 0.25) is 0 Å².